The molecule has 2 fully saturated rings. The standard InChI is InChI=1S/C13H20N2O/c1-3-7-15(8-4-2)13-11-6-5-10(9-11)12(13)14-16/h3-4,10-11,13,16H,1-2,5-9H2/b14-12-/t10-,11+,13+/m0/s1. The first-order chi connectivity index (χ1) is 7.81. The first-order valence-electron chi connectivity index (χ1n) is 5.99. The van der Waals surface area contributed by atoms with Gasteiger partial charge in [0.25, 0.3) is 0 Å². The van der Waals surface area contributed by atoms with Gasteiger partial charge in [0.05, 0.1) is 11.8 Å². The van der Waals surface area contributed by atoms with Crippen molar-refractivity contribution in [1.82, 2.24) is 4.90 Å². The van der Waals surface area contributed by atoms with Crippen molar-refractivity contribution in [1.29, 1.82) is 0 Å². The Morgan fingerprint density at radius 2 is 2.00 bits per heavy atom. The van der Waals surface area contributed by atoms with Gasteiger partial charge in [0.2, 0.25) is 0 Å². The van der Waals surface area contributed by atoms with Crippen molar-refractivity contribution in [2.75, 3.05) is 13.1 Å². The summed E-state index contributed by atoms with van der Waals surface area (Å²) in [5, 5.41) is 12.7. The number of fused-ring (bicyclic) bond motifs is 2. The summed E-state index contributed by atoms with van der Waals surface area (Å²) >= 11 is 0. The monoisotopic (exact) mass is 220 g/mol. The number of hydrogen-bond acceptors (Lipinski definition) is 3. The fraction of sp³-hybridized carbons (Fsp3) is 0.615. The summed E-state index contributed by atoms with van der Waals surface area (Å²) in [4.78, 5) is 2.30. The van der Waals surface area contributed by atoms with Gasteiger partial charge in [0.15, 0.2) is 0 Å². The zero-order valence-corrected chi connectivity index (χ0v) is 9.68. The van der Waals surface area contributed by atoms with E-state index in [1.54, 1.807) is 0 Å². The zero-order chi connectivity index (χ0) is 11.5. The molecule has 0 heterocycles. The average molecular weight is 220 g/mol. The van der Waals surface area contributed by atoms with Gasteiger partial charge in [-0.05, 0) is 25.2 Å². The number of rotatable bonds is 5. The summed E-state index contributed by atoms with van der Waals surface area (Å²) in [7, 11) is 0. The predicted molar refractivity (Wildman–Crippen MR) is 65.8 cm³/mol. The Hall–Kier alpha value is -1.09. The molecule has 2 saturated carbocycles. The molecule has 0 unspecified atom stereocenters. The molecule has 0 aromatic carbocycles. The van der Waals surface area contributed by atoms with E-state index in [4.69, 9.17) is 5.21 Å². The highest BCUT2D eigenvalue weighted by atomic mass is 16.4. The van der Waals surface area contributed by atoms with Crippen LogP contribution in [0.5, 0.6) is 0 Å². The molecule has 0 radical (unpaired) electrons. The van der Waals surface area contributed by atoms with Crippen LogP contribution in [0.2, 0.25) is 0 Å². The number of oxime groups is 1. The van der Waals surface area contributed by atoms with Gasteiger partial charge in [-0.25, -0.2) is 0 Å². The number of hydrogen-bond donors (Lipinski definition) is 1. The minimum Gasteiger partial charge on any atom is -0.411 e. The maximum Gasteiger partial charge on any atom is 0.0775 e. The Balaban J connectivity index is 2.16. The predicted octanol–water partition coefficient (Wildman–Crippen LogP) is 2.29. The quantitative estimate of drug-likeness (QED) is 0.438. The first kappa shape index (κ1) is 11.4. The maximum absolute atomic E-state index is 9.15. The SMILES string of the molecule is C=CCN(CC=C)[C@H]1/C(=N\O)[C@H]2CC[C@@H]1C2. The Morgan fingerprint density at radius 1 is 1.31 bits per heavy atom. The molecular formula is C13H20N2O. The first-order valence-corrected chi connectivity index (χ1v) is 5.99. The van der Waals surface area contributed by atoms with Crippen LogP contribution in [0.25, 0.3) is 0 Å². The van der Waals surface area contributed by atoms with Gasteiger partial charge in [-0.1, -0.05) is 17.3 Å². The molecule has 2 aliphatic rings. The summed E-state index contributed by atoms with van der Waals surface area (Å²) < 4.78 is 0. The van der Waals surface area contributed by atoms with Gasteiger partial charge in [-0.15, -0.1) is 13.2 Å². The van der Waals surface area contributed by atoms with Crippen LogP contribution in [0, 0.1) is 11.8 Å². The van der Waals surface area contributed by atoms with E-state index in [-0.39, 0.29) is 0 Å². The summed E-state index contributed by atoms with van der Waals surface area (Å²) in [5.41, 5.74) is 0.986. The lowest BCUT2D eigenvalue weighted by Crippen LogP contribution is -2.45. The van der Waals surface area contributed by atoms with Crippen molar-refractivity contribution < 1.29 is 5.21 Å². The van der Waals surface area contributed by atoms with Crippen LogP contribution >= 0.6 is 0 Å². The highest BCUT2D eigenvalue weighted by molar-refractivity contribution is 5.94. The van der Waals surface area contributed by atoms with Crippen LogP contribution < -0.4 is 0 Å². The minimum absolute atomic E-state index is 0.305. The van der Waals surface area contributed by atoms with Gasteiger partial charge < -0.3 is 5.21 Å². The Kier molecular flexibility index (Phi) is 3.44. The Morgan fingerprint density at radius 3 is 2.56 bits per heavy atom. The third kappa shape index (κ3) is 1.80. The second-order valence-corrected chi connectivity index (χ2v) is 4.77. The largest absolute Gasteiger partial charge is 0.411 e. The van der Waals surface area contributed by atoms with E-state index in [1.807, 2.05) is 12.2 Å². The fourth-order valence-electron chi connectivity index (χ4n) is 3.31. The summed E-state index contributed by atoms with van der Waals surface area (Å²) in [6.45, 7) is 9.24. The lowest BCUT2D eigenvalue weighted by Gasteiger charge is -2.33. The topological polar surface area (TPSA) is 35.8 Å². The zero-order valence-electron chi connectivity index (χ0n) is 9.68. The second kappa shape index (κ2) is 4.83. The molecule has 2 aliphatic carbocycles. The molecule has 2 bridgehead atoms. The lowest BCUT2D eigenvalue weighted by molar-refractivity contribution is 0.228. The third-order valence-corrected chi connectivity index (χ3v) is 3.88. The fourth-order valence-corrected chi connectivity index (χ4v) is 3.31. The minimum atomic E-state index is 0.305. The number of nitrogens with zero attached hydrogens (tertiary/aromatic N) is 2. The van der Waals surface area contributed by atoms with Crippen molar-refractivity contribution in [2.45, 2.75) is 25.3 Å². The normalized spacial score (nSPS) is 34.8. The van der Waals surface area contributed by atoms with Gasteiger partial charge in [0.1, 0.15) is 0 Å². The third-order valence-electron chi connectivity index (χ3n) is 3.88. The van der Waals surface area contributed by atoms with E-state index in [1.165, 1.54) is 19.3 Å². The molecule has 3 atom stereocenters. The van der Waals surface area contributed by atoms with E-state index in [0.29, 0.717) is 17.9 Å². The molecule has 0 aromatic heterocycles. The van der Waals surface area contributed by atoms with Crippen molar-refractivity contribution >= 4 is 5.71 Å². The van der Waals surface area contributed by atoms with Crippen LogP contribution in [-0.2, 0) is 0 Å². The van der Waals surface area contributed by atoms with Crippen molar-refractivity contribution in [3.63, 3.8) is 0 Å². The van der Waals surface area contributed by atoms with Crippen molar-refractivity contribution in [3.8, 4) is 0 Å². The highest BCUT2D eigenvalue weighted by Gasteiger charge is 2.47. The smallest absolute Gasteiger partial charge is 0.0775 e. The van der Waals surface area contributed by atoms with E-state index in [2.05, 4.69) is 23.2 Å². The molecule has 3 nitrogen and oxygen atoms in total. The van der Waals surface area contributed by atoms with E-state index < -0.39 is 0 Å². The molecule has 0 spiro atoms. The van der Waals surface area contributed by atoms with E-state index in [9.17, 15) is 0 Å². The van der Waals surface area contributed by atoms with Crippen molar-refractivity contribution in [3.05, 3.63) is 25.3 Å². The van der Waals surface area contributed by atoms with Gasteiger partial charge in [-0.3, -0.25) is 4.90 Å². The molecule has 0 aliphatic heterocycles. The van der Waals surface area contributed by atoms with E-state index >= 15 is 0 Å². The van der Waals surface area contributed by atoms with Crippen LogP contribution in [0.15, 0.2) is 30.5 Å². The summed E-state index contributed by atoms with van der Waals surface area (Å²) in [5.74, 6) is 1.17. The molecule has 0 amide bonds. The highest BCUT2D eigenvalue weighted by Crippen LogP contribution is 2.44. The van der Waals surface area contributed by atoms with Crippen molar-refractivity contribution in [2.24, 2.45) is 17.0 Å². The molecule has 0 aromatic rings. The Bertz CT molecular complexity index is 301. The molecular weight excluding hydrogens is 200 g/mol. The molecule has 16 heavy (non-hydrogen) atoms. The molecule has 3 heteroatoms. The maximum atomic E-state index is 9.15. The molecule has 2 rings (SSSR count). The van der Waals surface area contributed by atoms with Gasteiger partial charge in [-0.2, -0.15) is 0 Å². The molecule has 1 N–H and O–H groups in total. The Labute approximate surface area is 97.1 Å². The van der Waals surface area contributed by atoms with Crippen LogP contribution in [0.1, 0.15) is 19.3 Å². The van der Waals surface area contributed by atoms with E-state index in [0.717, 1.165) is 18.8 Å². The second-order valence-electron chi connectivity index (χ2n) is 4.77. The van der Waals surface area contributed by atoms with Gasteiger partial charge >= 0.3 is 0 Å². The van der Waals surface area contributed by atoms with Crippen LogP contribution in [0.3, 0.4) is 0 Å². The van der Waals surface area contributed by atoms with Crippen LogP contribution in [0.4, 0.5) is 0 Å². The van der Waals surface area contributed by atoms with Gasteiger partial charge in [0, 0.05) is 19.0 Å². The summed E-state index contributed by atoms with van der Waals surface area (Å²) in [6.07, 6.45) is 7.46. The summed E-state index contributed by atoms with van der Waals surface area (Å²) in [6, 6.07) is 0.305. The van der Waals surface area contributed by atoms with Crippen LogP contribution in [-0.4, -0.2) is 35.0 Å². The average Bonchev–Trinajstić information content (AvgIpc) is 2.88. The lowest BCUT2D eigenvalue weighted by atomic mass is 9.92. The molecule has 88 valence electrons. The molecule has 0 saturated heterocycles.